The van der Waals surface area contributed by atoms with Gasteiger partial charge in [0.05, 0.1) is 17.3 Å². The van der Waals surface area contributed by atoms with Crippen LogP contribution in [0, 0.1) is 6.92 Å². The van der Waals surface area contributed by atoms with Gasteiger partial charge in [0, 0.05) is 24.5 Å². The second kappa shape index (κ2) is 9.35. The third-order valence-electron chi connectivity index (χ3n) is 4.78. The summed E-state index contributed by atoms with van der Waals surface area (Å²) in [6, 6.07) is 6.22. The first-order valence-corrected chi connectivity index (χ1v) is 9.44. The average molecular weight is 382 g/mol. The number of carboxylic acid groups (broad SMARTS) is 1. The van der Waals surface area contributed by atoms with Crippen molar-refractivity contribution in [1.82, 2.24) is 10.2 Å². The minimum absolute atomic E-state index is 0.0414. The second-order valence-corrected chi connectivity index (χ2v) is 7.49. The third-order valence-corrected chi connectivity index (χ3v) is 5.10. The van der Waals surface area contributed by atoms with E-state index in [0.29, 0.717) is 29.2 Å². The van der Waals surface area contributed by atoms with Crippen molar-refractivity contribution in [1.29, 1.82) is 0 Å². The van der Waals surface area contributed by atoms with Crippen molar-refractivity contribution in [3.63, 3.8) is 0 Å². The molecule has 1 saturated carbocycles. The highest BCUT2D eigenvalue weighted by molar-refractivity contribution is 6.33. The number of amides is 1. The number of nitrogens with one attached hydrogen (secondary N) is 2. The van der Waals surface area contributed by atoms with Crippen LogP contribution in [0.5, 0.6) is 0 Å². The molecule has 1 atom stereocenters. The maximum absolute atomic E-state index is 12.2. The van der Waals surface area contributed by atoms with Gasteiger partial charge in [0.2, 0.25) is 5.91 Å². The molecule has 3 N–H and O–H groups in total. The van der Waals surface area contributed by atoms with Crippen LogP contribution in [0.3, 0.4) is 0 Å². The molecule has 2 rings (SSSR count). The number of anilines is 1. The lowest BCUT2D eigenvalue weighted by atomic mass is 9.84. The summed E-state index contributed by atoms with van der Waals surface area (Å²) in [7, 11) is 0. The van der Waals surface area contributed by atoms with Gasteiger partial charge in [-0.2, -0.15) is 0 Å². The van der Waals surface area contributed by atoms with E-state index in [0.717, 1.165) is 24.9 Å². The molecule has 1 fully saturated rings. The molecule has 0 aliphatic heterocycles. The fourth-order valence-corrected chi connectivity index (χ4v) is 3.64. The number of hydrogen-bond acceptors (Lipinski definition) is 4. The lowest BCUT2D eigenvalue weighted by molar-refractivity contribution is -0.139. The summed E-state index contributed by atoms with van der Waals surface area (Å²) in [5.74, 6) is -0.865. The Labute approximate surface area is 159 Å². The Morgan fingerprint density at radius 2 is 2.08 bits per heavy atom. The molecular weight excluding hydrogens is 354 g/mol. The van der Waals surface area contributed by atoms with Crippen molar-refractivity contribution in [3.8, 4) is 0 Å². The molecule has 0 heterocycles. The summed E-state index contributed by atoms with van der Waals surface area (Å²) < 4.78 is 0. The predicted octanol–water partition coefficient (Wildman–Crippen LogP) is 2.89. The van der Waals surface area contributed by atoms with Crippen LogP contribution in [0.4, 0.5) is 5.69 Å². The standard InChI is InChI=1S/C19H28ClN3O3/c1-4-23(11-19(25)26)15-9-14(10-15)21-13(3)8-18(24)22-17-6-5-12(2)7-16(17)20/h5-7,13-15,21H,4,8-11H2,1-3H3,(H,22,24)(H,25,26). The Morgan fingerprint density at radius 1 is 1.38 bits per heavy atom. The highest BCUT2D eigenvalue weighted by Gasteiger charge is 2.34. The summed E-state index contributed by atoms with van der Waals surface area (Å²) in [6.45, 7) is 6.74. The Balaban J connectivity index is 1.73. The zero-order valence-corrected chi connectivity index (χ0v) is 16.3. The van der Waals surface area contributed by atoms with E-state index in [1.54, 1.807) is 0 Å². The molecular formula is C19H28ClN3O3. The van der Waals surface area contributed by atoms with Crippen molar-refractivity contribution in [2.24, 2.45) is 0 Å². The third kappa shape index (κ3) is 5.97. The van der Waals surface area contributed by atoms with Gasteiger partial charge in [-0.15, -0.1) is 0 Å². The second-order valence-electron chi connectivity index (χ2n) is 7.08. The van der Waals surface area contributed by atoms with E-state index in [2.05, 4.69) is 10.6 Å². The topological polar surface area (TPSA) is 81.7 Å². The van der Waals surface area contributed by atoms with E-state index in [-0.39, 0.29) is 18.5 Å². The molecule has 0 aromatic heterocycles. The summed E-state index contributed by atoms with van der Waals surface area (Å²) >= 11 is 6.14. The number of rotatable bonds is 9. The number of carboxylic acids is 1. The Kier molecular flexibility index (Phi) is 7.43. The molecule has 0 bridgehead atoms. The van der Waals surface area contributed by atoms with Crippen molar-refractivity contribution >= 4 is 29.2 Å². The van der Waals surface area contributed by atoms with Crippen LogP contribution in [-0.2, 0) is 9.59 Å². The largest absolute Gasteiger partial charge is 0.480 e. The SMILES string of the molecule is CCN(CC(=O)O)C1CC(NC(C)CC(=O)Nc2ccc(C)cc2Cl)C1. The number of carbonyl (C=O) groups is 2. The van der Waals surface area contributed by atoms with Crippen LogP contribution >= 0.6 is 11.6 Å². The Morgan fingerprint density at radius 3 is 2.65 bits per heavy atom. The molecule has 26 heavy (non-hydrogen) atoms. The summed E-state index contributed by atoms with van der Waals surface area (Å²) in [4.78, 5) is 25.1. The quantitative estimate of drug-likeness (QED) is 0.612. The summed E-state index contributed by atoms with van der Waals surface area (Å²) in [6.07, 6.45) is 2.19. The molecule has 6 nitrogen and oxygen atoms in total. The summed E-state index contributed by atoms with van der Waals surface area (Å²) in [5, 5.41) is 15.8. The first-order chi connectivity index (χ1) is 12.3. The van der Waals surface area contributed by atoms with Crippen LogP contribution in [0.2, 0.25) is 5.02 Å². The lowest BCUT2D eigenvalue weighted by Gasteiger charge is -2.43. The van der Waals surface area contributed by atoms with Gasteiger partial charge in [0.1, 0.15) is 0 Å². The fraction of sp³-hybridized carbons (Fsp3) is 0.579. The van der Waals surface area contributed by atoms with E-state index < -0.39 is 5.97 Å². The predicted molar refractivity (Wildman–Crippen MR) is 104 cm³/mol. The van der Waals surface area contributed by atoms with Crippen LogP contribution in [-0.4, -0.2) is 53.1 Å². The van der Waals surface area contributed by atoms with Gasteiger partial charge in [-0.3, -0.25) is 14.5 Å². The van der Waals surface area contributed by atoms with Crippen molar-refractivity contribution in [2.45, 2.75) is 58.2 Å². The molecule has 0 saturated heterocycles. The van der Waals surface area contributed by atoms with Crippen molar-refractivity contribution < 1.29 is 14.7 Å². The normalized spacial score (nSPS) is 20.5. The van der Waals surface area contributed by atoms with Gasteiger partial charge in [0.15, 0.2) is 0 Å². The van der Waals surface area contributed by atoms with Crippen LogP contribution < -0.4 is 10.6 Å². The lowest BCUT2D eigenvalue weighted by Crippen LogP contribution is -2.55. The number of carbonyl (C=O) groups excluding carboxylic acids is 1. The zero-order chi connectivity index (χ0) is 19.3. The monoisotopic (exact) mass is 381 g/mol. The van der Waals surface area contributed by atoms with Gasteiger partial charge in [-0.1, -0.05) is 24.6 Å². The molecule has 144 valence electrons. The Hall–Kier alpha value is -1.63. The number of aliphatic carboxylic acids is 1. The number of benzene rings is 1. The molecule has 1 unspecified atom stereocenters. The minimum Gasteiger partial charge on any atom is -0.480 e. The summed E-state index contributed by atoms with van der Waals surface area (Å²) in [5.41, 5.74) is 1.68. The zero-order valence-electron chi connectivity index (χ0n) is 15.6. The molecule has 7 heteroatoms. The van der Waals surface area contributed by atoms with E-state index >= 15 is 0 Å². The van der Waals surface area contributed by atoms with Crippen molar-refractivity contribution in [2.75, 3.05) is 18.4 Å². The van der Waals surface area contributed by atoms with E-state index in [1.165, 1.54) is 0 Å². The van der Waals surface area contributed by atoms with E-state index in [9.17, 15) is 9.59 Å². The Bertz CT molecular complexity index is 647. The van der Waals surface area contributed by atoms with Gasteiger partial charge in [-0.25, -0.2) is 0 Å². The minimum atomic E-state index is -0.789. The van der Waals surface area contributed by atoms with Crippen LogP contribution in [0.1, 0.15) is 38.7 Å². The molecule has 1 aliphatic carbocycles. The number of hydrogen-bond donors (Lipinski definition) is 3. The van der Waals surface area contributed by atoms with Crippen LogP contribution in [0.25, 0.3) is 0 Å². The maximum atomic E-state index is 12.2. The van der Waals surface area contributed by atoms with Crippen LogP contribution in [0.15, 0.2) is 18.2 Å². The molecule has 1 aliphatic rings. The molecule has 1 amide bonds. The smallest absolute Gasteiger partial charge is 0.317 e. The number of nitrogens with zero attached hydrogens (tertiary/aromatic N) is 1. The van der Waals surface area contributed by atoms with Gasteiger partial charge >= 0.3 is 5.97 Å². The highest BCUT2D eigenvalue weighted by Crippen LogP contribution is 2.26. The van der Waals surface area contributed by atoms with Gasteiger partial charge in [0.25, 0.3) is 0 Å². The molecule has 1 aromatic rings. The average Bonchev–Trinajstić information content (AvgIpc) is 2.51. The van der Waals surface area contributed by atoms with Gasteiger partial charge < -0.3 is 15.7 Å². The molecule has 1 aromatic carbocycles. The molecule has 0 spiro atoms. The fourth-order valence-electron chi connectivity index (χ4n) is 3.36. The first-order valence-electron chi connectivity index (χ1n) is 9.06. The number of likely N-dealkylation sites (N-methyl/N-ethyl adjacent to an activating group) is 1. The van der Waals surface area contributed by atoms with Crippen molar-refractivity contribution in [3.05, 3.63) is 28.8 Å². The molecule has 0 radical (unpaired) electrons. The highest BCUT2D eigenvalue weighted by atomic mass is 35.5. The maximum Gasteiger partial charge on any atom is 0.317 e. The van der Waals surface area contributed by atoms with E-state index in [4.69, 9.17) is 16.7 Å². The van der Waals surface area contributed by atoms with Gasteiger partial charge in [-0.05, 0) is 50.9 Å². The number of halogens is 1. The van der Waals surface area contributed by atoms with E-state index in [1.807, 2.05) is 43.9 Å². The first kappa shape index (κ1) is 20.7. The number of aryl methyl sites for hydroxylation is 1.